The van der Waals surface area contributed by atoms with E-state index in [4.69, 9.17) is 4.74 Å². The van der Waals surface area contributed by atoms with Crippen molar-refractivity contribution in [2.75, 3.05) is 64.8 Å². The van der Waals surface area contributed by atoms with Crippen molar-refractivity contribution in [1.29, 1.82) is 0 Å². The molecule has 2 aromatic heterocycles. The van der Waals surface area contributed by atoms with Crippen molar-refractivity contribution in [2.45, 2.75) is 71.6 Å². The van der Waals surface area contributed by atoms with E-state index in [2.05, 4.69) is 48.0 Å². The molecule has 1 spiro atoms. The Morgan fingerprint density at radius 3 is 2.48 bits per heavy atom. The van der Waals surface area contributed by atoms with Crippen LogP contribution in [0.3, 0.4) is 0 Å². The third-order valence-corrected chi connectivity index (χ3v) is 10.2. The molecular weight excluding hydrogens is 645 g/mol. The fraction of sp³-hybridized carbons (Fsp3) is 0.595. The summed E-state index contributed by atoms with van der Waals surface area (Å²) in [5, 5.41) is 7.70. The summed E-state index contributed by atoms with van der Waals surface area (Å²) in [6.07, 6.45) is 8.01. The van der Waals surface area contributed by atoms with Gasteiger partial charge in [-0.05, 0) is 76.9 Å². The number of fused-ring (bicyclic) bond motifs is 1. The molecule has 3 aromatic rings. The lowest BCUT2D eigenvalue weighted by Crippen LogP contribution is -2.65. The number of carbonyl (C=O) groups is 1. The lowest BCUT2D eigenvalue weighted by Gasteiger charge is -2.58. The van der Waals surface area contributed by atoms with Gasteiger partial charge in [-0.25, -0.2) is 18.2 Å². The zero-order valence-electron chi connectivity index (χ0n) is 29.9. The SMILES string of the molecule is CC(C)N(C)CC(F)F.CCc1ccc(F)cc1C=O.CN1CC(CN2CCc3nccc(OC4CC5(C4)CN(c4cnncn4)C5)c3C2)C1. The van der Waals surface area contributed by atoms with E-state index >= 15 is 0 Å². The van der Waals surface area contributed by atoms with Gasteiger partial charge in [0.1, 0.15) is 30.3 Å². The first kappa shape index (κ1) is 37.6. The maximum atomic E-state index is 12.5. The zero-order valence-corrected chi connectivity index (χ0v) is 29.9. The highest BCUT2D eigenvalue weighted by molar-refractivity contribution is 5.77. The molecule has 0 radical (unpaired) electrons. The average molecular weight is 697 g/mol. The van der Waals surface area contributed by atoms with E-state index in [9.17, 15) is 18.0 Å². The third-order valence-electron chi connectivity index (χ3n) is 10.2. The summed E-state index contributed by atoms with van der Waals surface area (Å²) in [6, 6.07) is 6.54. The van der Waals surface area contributed by atoms with Crippen molar-refractivity contribution in [3.8, 4) is 5.75 Å². The number of halogens is 3. The topological polar surface area (TPSA) is 90.8 Å². The number of hydrogen-bond donors (Lipinski definition) is 0. The van der Waals surface area contributed by atoms with Gasteiger partial charge >= 0.3 is 0 Å². The van der Waals surface area contributed by atoms with E-state index in [1.165, 1.54) is 49.4 Å². The maximum Gasteiger partial charge on any atom is 0.251 e. The van der Waals surface area contributed by atoms with E-state index in [0.717, 1.165) is 74.9 Å². The number of pyridine rings is 1. The van der Waals surface area contributed by atoms with Crippen LogP contribution in [0.15, 0.2) is 43.0 Å². The van der Waals surface area contributed by atoms with Crippen LogP contribution in [0.25, 0.3) is 0 Å². The molecule has 13 heteroatoms. The van der Waals surface area contributed by atoms with Crippen LogP contribution in [0.4, 0.5) is 19.0 Å². The molecule has 1 aromatic carbocycles. The summed E-state index contributed by atoms with van der Waals surface area (Å²) in [4.78, 5) is 28.2. The molecule has 10 nitrogen and oxygen atoms in total. The fourth-order valence-electron chi connectivity index (χ4n) is 7.22. The monoisotopic (exact) mass is 696 g/mol. The zero-order chi connectivity index (χ0) is 35.8. The lowest BCUT2D eigenvalue weighted by atomic mass is 9.62. The Morgan fingerprint density at radius 1 is 1.12 bits per heavy atom. The molecule has 50 heavy (non-hydrogen) atoms. The van der Waals surface area contributed by atoms with Gasteiger partial charge in [-0.2, -0.15) is 5.10 Å². The minimum absolute atomic E-state index is 0.127. The first-order valence-corrected chi connectivity index (χ1v) is 17.6. The molecule has 0 bridgehead atoms. The highest BCUT2D eigenvalue weighted by Gasteiger charge is 2.54. The standard InChI is InChI=1S/C22H29N7O.C9H9FO.C6H13F2N/c1-27-9-16(10-27)11-28-5-3-19-18(12-28)20(2-4-23-19)30-17-6-22(7-17)13-29(14-22)21-8-25-26-15-24-21;1-2-7-3-4-9(10)5-8(7)6-11;1-5(2)9(3)4-6(7)8/h2,4,8,15-17H,3,5-7,9-14H2,1H3;3-6H,2H2,1H3;5-6H,4H2,1-3H3. The number of ether oxygens (including phenoxy) is 1. The van der Waals surface area contributed by atoms with Crippen molar-refractivity contribution in [3.63, 3.8) is 0 Å². The molecule has 1 saturated carbocycles. The van der Waals surface area contributed by atoms with Gasteiger partial charge in [0.2, 0.25) is 0 Å². The number of aromatic nitrogens is 4. The number of aldehydes is 1. The predicted molar refractivity (Wildman–Crippen MR) is 187 cm³/mol. The van der Waals surface area contributed by atoms with Gasteiger partial charge in [0.25, 0.3) is 6.43 Å². The number of anilines is 1. The predicted octanol–water partition coefficient (Wildman–Crippen LogP) is 5.03. The number of benzene rings is 1. The van der Waals surface area contributed by atoms with Crippen LogP contribution in [0.2, 0.25) is 0 Å². The highest BCUT2D eigenvalue weighted by atomic mass is 19.3. The summed E-state index contributed by atoms with van der Waals surface area (Å²) in [5.74, 6) is 2.45. The number of aryl methyl sites for hydroxylation is 1. The van der Waals surface area contributed by atoms with E-state index in [-0.39, 0.29) is 18.4 Å². The second kappa shape index (κ2) is 17.0. The summed E-state index contributed by atoms with van der Waals surface area (Å²) in [6.45, 7) is 13.4. The molecule has 2 saturated heterocycles. The Bertz CT molecular complexity index is 1530. The Hall–Kier alpha value is -3.68. The molecule has 0 atom stereocenters. The van der Waals surface area contributed by atoms with Gasteiger partial charge in [-0.15, -0.1) is 5.10 Å². The Balaban J connectivity index is 0.000000200. The number of alkyl halides is 2. The summed E-state index contributed by atoms with van der Waals surface area (Å²) >= 11 is 0. The second-order valence-electron chi connectivity index (χ2n) is 14.5. The normalized spacial score (nSPS) is 18.7. The van der Waals surface area contributed by atoms with Gasteiger partial charge in [-0.3, -0.25) is 19.6 Å². The molecule has 7 rings (SSSR count). The van der Waals surface area contributed by atoms with Crippen LogP contribution >= 0.6 is 0 Å². The van der Waals surface area contributed by atoms with Crippen LogP contribution in [0, 0.1) is 17.2 Å². The maximum absolute atomic E-state index is 12.5. The van der Waals surface area contributed by atoms with Gasteiger partial charge in [-0.1, -0.05) is 13.0 Å². The molecule has 0 unspecified atom stereocenters. The van der Waals surface area contributed by atoms with Gasteiger partial charge < -0.3 is 14.5 Å². The van der Waals surface area contributed by atoms with Crippen molar-refractivity contribution >= 4 is 12.1 Å². The summed E-state index contributed by atoms with van der Waals surface area (Å²) in [7, 11) is 3.89. The van der Waals surface area contributed by atoms with Crippen molar-refractivity contribution < 1.29 is 22.7 Å². The molecule has 4 aliphatic rings. The molecule has 5 heterocycles. The van der Waals surface area contributed by atoms with Gasteiger partial charge in [0.15, 0.2) is 5.82 Å². The number of hydrogen-bond acceptors (Lipinski definition) is 10. The number of carbonyl (C=O) groups excluding carboxylic acids is 1. The number of nitrogens with zero attached hydrogens (tertiary/aromatic N) is 8. The quantitative estimate of drug-likeness (QED) is 0.269. The van der Waals surface area contributed by atoms with Crippen LogP contribution in [-0.4, -0.2) is 120 Å². The Kier molecular flexibility index (Phi) is 12.8. The Morgan fingerprint density at radius 2 is 1.88 bits per heavy atom. The molecule has 1 aliphatic carbocycles. The van der Waals surface area contributed by atoms with Crippen LogP contribution in [0.5, 0.6) is 5.75 Å². The molecule has 272 valence electrons. The minimum atomic E-state index is -2.21. The van der Waals surface area contributed by atoms with Crippen molar-refractivity contribution in [3.05, 3.63) is 71.2 Å². The molecule has 0 N–H and O–H groups in total. The van der Waals surface area contributed by atoms with E-state index in [1.807, 2.05) is 27.0 Å². The minimum Gasteiger partial charge on any atom is -0.490 e. The van der Waals surface area contributed by atoms with Crippen LogP contribution in [0.1, 0.15) is 60.8 Å². The highest BCUT2D eigenvalue weighted by Crippen LogP contribution is 2.50. The number of rotatable bonds is 10. The first-order valence-electron chi connectivity index (χ1n) is 17.6. The van der Waals surface area contributed by atoms with E-state index < -0.39 is 6.43 Å². The number of likely N-dealkylation sites (tertiary alicyclic amines) is 1. The fourth-order valence-corrected chi connectivity index (χ4v) is 7.22. The molecule has 0 amide bonds. The lowest BCUT2D eigenvalue weighted by molar-refractivity contribution is -0.0353. The summed E-state index contributed by atoms with van der Waals surface area (Å²) < 4.78 is 42.2. The Labute approximate surface area is 294 Å². The smallest absolute Gasteiger partial charge is 0.251 e. The second-order valence-corrected chi connectivity index (χ2v) is 14.5. The molecule has 3 aliphatic heterocycles. The largest absolute Gasteiger partial charge is 0.490 e. The van der Waals surface area contributed by atoms with Crippen LogP contribution in [-0.2, 0) is 19.4 Å². The first-order chi connectivity index (χ1) is 24.0. The summed E-state index contributed by atoms with van der Waals surface area (Å²) in [5.41, 5.74) is 4.29. The van der Waals surface area contributed by atoms with E-state index in [0.29, 0.717) is 23.4 Å². The van der Waals surface area contributed by atoms with Crippen molar-refractivity contribution in [1.82, 2.24) is 34.9 Å². The third kappa shape index (κ3) is 9.76. The molecular formula is C37H51F3N8O2. The average Bonchev–Trinajstić information content (AvgIpc) is 3.05. The van der Waals surface area contributed by atoms with Crippen molar-refractivity contribution in [2.24, 2.45) is 11.3 Å². The van der Waals surface area contributed by atoms with Crippen LogP contribution < -0.4 is 9.64 Å². The van der Waals surface area contributed by atoms with Gasteiger partial charge in [0, 0.05) is 86.7 Å². The molecule has 3 fully saturated rings. The van der Waals surface area contributed by atoms with E-state index in [1.54, 1.807) is 24.2 Å². The van der Waals surface area contributed by atoms with Gasteiger partial charge in [0.05, 0.1) is 12.7 Å².